The van der Waals surface area contributed by atoms with Crippen LogP contribution in [0.4, 0.5) is 4.39 Å². The van der Waals surface area contributed by atoms with E-state index in [1.165, 1.54) is 19.1 Å². The normalized spacial score (nSPS) is 10.7. The molecule has 0 fully saturated rings. The summed E-state index contributed by atoms with van der Waals surface area (Å²) in [5.74, 6) is -0.154. The van der Waals surface area contributed by atoms with Gasteiger partial charge in [-0.25, -0.2) is 4.39 Å². The molecule has 0 aliphatic rings. The van der Waals surface area contributed by atoms with Crippen LogP contribution in [0, 0.1) is 5.82 Å². The predicted octanol–water partition coefficient (Wildman–Crippen LogP) is 5.38. The van der Waals surface area contributed by atoms with Crippen LogP contribution in [-0.2, 0) is 22.7 Å². The number of halogens is 2. The highest BCUT2D eigenvalue weighted by atomic mass is 79.9. The molecule has 0 saturated carbocycles. The first-order valence-corrected chi connectivity index (χ1v) is 8.54. The minimum absolute atomic E-state index is 0.116. The van der Waals surface area contributed by atoms with Gasteiger partial charge in [-0.3, -0.25) is 4.79 Å². The number of esters is 1. The van der Waals surface area contributed by atoms with Crippen molar-refractivity contribution < 1.29 is 18.7 Å². The standard InChI is InChI=1S/C20H16BrFO3/c1-13(23)24-12-15-9-19(25-11-14-5-3-2-4-6-14)18-10-16(22)7-8-17(18)20(15)21/h2-10H,11-12H2,1H3. The van der Waals surface area contributed by atoms with Crippen molar-refractivity contribution >= 4 is 32.7 Å². The van der Waals surface area contributed by atoms with Gasteiger partial charge >= 0.3 is 5.97 Å². The maximum Gasteiger partial charge on any atom is 0.302 e. The predicted molar refractivity (Wildman–Crippen MR) is 97.9 cm³/mol. The molecule has 0 amide bonds. The minimum Gasteiger partial charge on any atom is -0.488 e. The second-order valence-electron chi connectivity index (χ2n) is 5.59. The Bertz CT molecular complexity index is 910. The van der Waals surface area contributed by atoms with Crippen LogP contribution < -0.4 is 4.74 Å². The van der Waals surface area contributed by atoms with Crippen molar-refractivity contribution in [3.05, 3.63) is 76.0 Å². The van der Waals surface area contributed by atoms with E-state index in [9.17, 15) is 9.18 Å². The smallest absolute Gasteiger partial charge is 0.302 e. The Morgan fingerprint density at radius 1 is 1.04 bits per heavy atom. The molecule has 3 rings (SSSR count). The van der Waals surface area contributed by atoms with E-state index in [-0.39, 0.29) is 18.4 Å². The molecule has 3 aromatic carbocycles. The van der Waals surface area contributed by atoms with Crippen LogP contribution in [0.15, 0.2) is 59.1 Å². The number of carbonyl (C=O) groups is 1. The molecule has 3 nitrogen and oxygen atoms in total. The molecule has 0 N–H and O–H groups in total. The van der Waals surface area contributed by atoms with Gasteiger partial charge in [0.05, 0.1) is 0 Å². The quantitative estimate of drug-likeness (QED) is 0.537. The molecule has 0 bridgehead atoms. The van der Waals surface area contributed by atoms with Gasteiger partial charge in [0.2, 0.25) is 0 Å². The third-order valence-electron chi connectivity index (χ3n) is 3.74. The first-order chi connectivity index (χ1) is 12.0. The number of carbonyl (C=O) groups excluding carboxylic acids is 1. The zero-order valence-electron chi connectivity index (χ0n) is 13.6. The zero-order chi connectivity index (χ0) is 17.8. The molecule has 0 radical (unpaired) electrons. The maximum absolute atomic E-state index is 13.7. The average Bonchev–Trinajstić information content (AvgIpc) is 2.61. The Morgan fingerprint density at radius 2 is 1.80 bits per heavy atom. The molecule has 0 heterocycles. The summed E-state index contributed by atoms with van der Waals surface area (Å²) in [4.78, 5) is 11.1. The van der Waals surface area contributed by atoms with Crippen LogP contribution in [0.3, 0.4) is 0 Å². The summed E-state index contributed by atoms with van der Waals surface area (Å²) < 4.78 is 25.5. The number of hydrogen-bond donors (Lipinski definition) is 0. The molecule has 128 valence electrons. The van der Waals surface area contributed by atoms with Gasteiger partial charge < -0.3 is 9.47 Å². The van der Waals surface area contributed by atoms with E-state index < -0.39 is 0 Å². The van der Waals surface area contributed by atoms with Crippen LogP contribution in [0.5, 0.6) is 5.75 Å². The van der Waals surface area contributed by atoms with Gasteiger partial charge in [0.1, 0.15) is 24.8 Å². The molecular formula is C20H16BrFO3. The molecule has 0 aromatic heterocycles. The highest BCUT2D eigenvalue weighted by Gasteiger charge is 2.13. The molecule has 25 heavy (non-hydrogen) atoms. The van der Waals surface area contributed by atoms with Crippen molar-refractivity contribution in [2.24, 2.45) is 0 Å². The van der Waals surface area contributed by atoms with Gasteiger partial charge in [-0.05, 0) is 39.7 Å². The molecule has 0 unspecified atom stereocenters. The molecule has 0 saturated heterocycles. The van der Waals surface area contributed by atoms with Crippen molar-refractivity contribution in [1.29, 1.82) is 0 Å². The van der Waals surface area contributed by atoms with Crippen LogP contribution in [0.2, 0.25) is 0 Å². The summed E-state index contributed by atoms with van der Waals surface area (Å²) in [7, 11) is 0. The SMILES string of the molecule is CC(=O)OCc1cc(OCc2ccccc2)c2cc(F)ccc2c1Br. The lowest BCUT2D eigenvalue weighted by atomic mass is 10.1. The summed E-state index contributed by atoms with van der Waals surface area (Å²) in [6.45, 7) is 1.84. The van der Waals surface area contributed by atoms with E-state index in [1.54, 1.807) is 12.1 Å². The van der Waals surface area contributed by atoms with Gasteiger partial charge in [0, 0.05) is 27.7 Å². The lowest BCUT2D eigenvalue weighted by Crippen LogP contribution is -2.02. The summed E-state index contributed by atoms with van der Waals surface area (Å²) >= 11 is 3.52. The zero-order valence-corrected chi connectivity index (χ0v) is 15.2. The molecule has 0 aliphatic carbocycles. The van der Waals surface area contributed by atoms with E-state index >= 15 is 0 Å². The topological polar surface area (TPSA) is 35.5 Å². The fraction of sp³-hybridized carbons (Fsp3) is 0.150. The largest absolute Gasteiger partial charge is 0.488 e. The highest BCUT2D eigenvalue weighted by molar-refractivity contribution is 9.10. The second kappa shape index (κ2) is 7.66. The third-order valence-corrected chi connectivity index (χ3v) is 4.68. The lowest BCUT2D eigenvalue weighted by Gasteiger charge is -2.15. The first-order valence-electron chi connectivity index (χ1n) is 7.75. The van der Waals surface area contributed by atoms with Crippen LogP contribution in [-0.4, -0.2) is 5.97 Å². The molecule has 0 atom stereocenters. The first kappa shape index (κ1) is 17.4. The Hall–Kier alpha value is -2.40. The van der Waals surface area contributed by atoms with E-state index in [1.807, 2.05) is 30.3 Å². The number of benzene rings is 3. The Labute approximate surface area is 153 Å². The number of ether oxygens (including phenoxy) is 2. The van der Waals surface area contributed by atoms with Crippen molar-refractivity contribution in [3.63, 3.8) is 0 Å². The molecule has 3 aromatic rings. The van der Waals surface area contributed by atoms with E-state index in [0.717, 1.165) is 21.0 Å². The third kappa shape index (κ3) is 4.17. The number of hydrogen-bond acceptors (Lipinski definition) is 3. The van der Waals surface area contributed by atoms with Gasteiger partial charge in [-0.15, -0.1) is 0 Å². The van der Waals surface area contributed by atoms with Crippen molar-refractivity contribution in [2.75, 3.05) is 0 Å². The van der Waals surface area contributed by atoms with Crippen molar-refractivity contribution in [2.45, 2.75) is 20.1 Å². The fourth-order valence-corrected chi connectivity index (χ4v) is 3.10. The second-order valence-corrected chi connectivity index (χ2v) is 6.39. The number of fused-ring (bicyclic) bond motifs is 1. The number of rotatable bonds is 5. The van der Waals surface area contributed by atoms with Gasteiger partial charge in [0.15, 0.2) is 0 Å². The highest BCUT2D eigenvalue weighted by Crippen LogP contribution is 2.36. The summed E-state index contributed by atoms with van der Waals surface area (Å²) in [6, 6.07) is 16.0. The Kier molecular flexibility index (Phi) is 5.34. The molecule has 5 heteroatoms. The van der Waals surface area contributed by atoms with Gasteiger partial charge in [0.25, 0.3) is 0 Å². The molecular weight excluding hydrogens is 387 g/mol. The Balaban J connectivity index is 2.00. The summed E-state index contributed by atoms with van der Waals surface area (Å²) in [6.07, 6.45) is 0. The lowest BCUT2D eigenvalue weighted by molar-refractivity contribution is -0.142. The maximum atomic E-state index is 13.7. The summed E-state index contributed by atoms with van der Waals surface area (Å²) in [5.41, 5.74) is 1.77. The van der Waals surface area contributed by atoms with Crippen molar-refractivity contribution in [3.8, 4) is 5.75 Å². The molecule has 0 aliphatic heterocycles. The van der Waals surface area contributed by atoms with Crippen LogP contribution in [0.1, 0.15) is 18.1 Å². The van der Waals surface area contributed by atoms with Gasteiger partial charge in [-0.2, -0.15) is 0 Å². The monoisotopic (exact) mass is 402 g/mol. The van der Waals surface area contributed by atoms with Gasteiger partial charge in [-0.1, -0.05) is 36.4 Å². The Morgan fingerprint density at radius 3 is 2.52 bits per heavy atom. The fourth-order valence-electron chi connectivity index (χ4n) is 2.52. The summed E-state index contributed by atoms with van der Waals surface area (Å²) in [5, 5.41) is 1.46. The van der Waals surface area contributed by atoms with Crippen LogP contribution in [0.25, 0.3) is 10.8 Å². The minimum atomic E-state index is -0.363. The van der Waals surface area contributed by atoms with Crippen molar-refractivity contribution in [1.82, 2.24) is 0 Å². The van der Waals surface area contributed by atoms with E-state index in [4.69, 9.17) is 9.47 Å². The average molecular weight is 403 g/mol. The van der Waals surface area contributed by atoms with E-state index in [0.29, 0.717) is 17.7 Å². The van der Waals surface area contributed by atoms with Crippen LogP contribution >= 0.6 is 15.9 Å². The molecule has 0 spiro atoms. The van der Waals surface area contributed by atoms with E-state index in [2.05, 4.69) is 15.9 Å².